The van der Waals surface area contributed by atoms with E-state index in [9.17, 15) is 35.7 Å². The van der Waals surface area contributed by atoms with Gasteiger partial charge in [-0.05, 0) is 24.3 Å². The van der Waals surface area contributed by atoms with Crippen molar-refractivity contribution >= 4 is 38.7 Å². The van der Waals surface area contributed by atoms with Gasteiger partial charge >= 0.3 is 35.7 Å². The molecule has 3 aromatic rings. The van der Waals surface area contributed by atoms with E-state index in [2.05, 4.69) is 5.32 Å². The Labute approximate surface area is 220 Å². The van der Waals surface area contributed by atoms with Crippen molar-refractivity contribution in [3.63, 3.8) is 0 Å². The number of fused-ring (bicyclic) bond motifs is 2. The fourth-order valence-corrected chi connectivity index (χ4v) is 4.42. The summed E-state index contributed by atoms with van der Waals surface area (Å²) in [7, 11) is -3.91. The molecule has 0 saturated heterocycles. The van der Waals surface area contributed by atoms with E-state index in [1.807, 2.05) is 0 Å². The van der Waals surface area contributed by atoms with Gasteiger partial charge in [0.1, 0.15) is 10.6 Å². The molecule has 1 aliphatic rings. The molecule has 1 aliphatic carbocycles. The van der Waals surface area contributed by atoms with Crippen LogP contribution in [-0.2, 0) is 16.3 Å². The standard InChI is InChI=1S/C22H15F3N2O6S.Na.H/c1-33-15-7-6-10(8-13(15)22(23,24)25)27-14-9-16(34(30,31)32)19(26)18-17(14)20(28)11-4-2-3-5-12(11)21(18)29;;/h2-9,27H,26H2,1H3,(H,30,31,32);;/q;+1;-1. The van der Waals surface area contributed by atoms with Crippen LogP contribution in [0.2, 0.25) is 0 Å². The zero-order valence-corrected chi connectivity index (χ0v) is 21.0. The van der Waals surface area contributed by atoms with Crippen LogP contribution >= 0.6 is 0 Å². The maximum Gasteiger partial charge on any atom is 1.00 e. The molecule has 0 radical (unpaired) electrons. The van der Waals surface area contributed by atoms with Gasteiger partial charge in [-0.2, -0.15) is 21.6 Å². The average molecular weight is 516 g/mol. The van der Waals surface area contributed by atoms with E-state index in [0.717, 1.165) is 19.2 Å². The minimum absolute atomic E-state index is 0. The molecule has 0 atom stereocenters. The van der Waals surface area contributed by atoms with Crippen LogP contribution in [0.15, 0.2) is 53.4 Å². The van der Waals surface area contributed by atoms with Crippen LogP contribution in [0.3, 0.4) is 0 Å². The Hall–Kier alpha value is -2.90. The first-order chi connectivity index (χ1) is 15.8. The van der Waals surface area contributed by atoms with Crippen molar-refractivity contribution in [2.75, 3.05) is 18.2 Å². The van der Waals surface area contributed by atoms with Crippen molar-refractivity contribution in [3.05, 3.63) is 76.3 Å². The van der Waals surface area contributed by atoms with Crippen LogP contribution in [0.25, 0.3) is 0 Å². The maximum atomic E-state index is 13.4. The second kappa shape index (κ2) is 9.28. The van der Waals surface area contributed by atoms with E-state index in [-0.39, 0.29) is 59.0 Å². The Morgan fingerprint density at radius 1 is 1.00 bits per heavy atom. The molecule has 13 heteroatoms. The van der Waals surface area contributed by atoms with Gasteiger partial charge in [0.05, 0.1) is 35.2 Å². The Balaban J connectivity index is 0.00000228. The van der Waals surface area contributed by atoms with Crippen molar-refractivity contribution in [1.82, 2.24) is 0 Å². The predicted molar refractivity (Wildman–Crippen MR) is 116 cm³/mol. The van der Waals surface area contributed by atoms with Gasteiger partial charge in [0.25, 0.3) is 10.1 Å². The Morgan fingerprint density at radius 3 is 2.09 bits per heavy atom. The summed E-state index contributed by atoms with van der Waals surface area (Å²) in [4.78, 5) is 25.5. The predicted octanol–water partition coefficient (Wildman–Crippen LogP) is 1.18. The molecule has 0 unspecified atom stereocenters. The van der Waals surface area contributed by atoms with Crippen molar-refractivity contribution < 1.29 is 71.5 Å². The smallest absolute Gasteiger partial charge is 1.00 e. The maximum absolute atomic E-state index is 13.4. The number of benzene rings is 3. The molecular formula is C22H16F3N2NaO6S. The molecule has 35 heavy (non-hydrogen) atoms. The van der Waals surface area contributed by atoms with E-state index in [0.29, 0.717) is 6.07 Å². The zero-order valence-electron chi connectivity index (χ0n) is 19.2. The number of nitrogens with one attached hydrogen (secondary N) is 1. The van der Waals surface area contributed by atoms with Crippen molar-refractivity contribution in [1.29, 1.82) is 0 Å². The molecule has 0 amide bonds. The largest absolute Gasteiger partial charge is 1.00 e. The molecule has 4 N–H and O–H groups in total. The topological polar surface area (TPSA) is 136 Å². The van der Waals surface area contributed by atoms with Crippen molar-refractivity contribution in [3.8, 4) is 5.75 Å². The molecule has 3 aromatic carbocycles. The number of ketones is 2. The minimum atomic E-state index is -4.97. The molecule has 0 bridgehead atoms. The van der Waals surface area contributed by atoms with E-state index < -0.39 is 55.3 Å². The van der Waals surface area contributed by atoms with Crippen LogP contribution in [-0.4, -0.2) is 31.6 Å². The molecule has 0 saturated carbocycles. The van der Waals surface area contributed by atoms with Gasteiger partial charge in [-0.3, -0.25) is 14.1 Å². The molecule has 0 spiro atoms. The number of anilines is 3. The number of alkyl halides is 3. The van der Waals surface area contributed by atoms with Crippen molar-refractivity contribution in [2.45, 2.75) is 11.1 Å². The number of carbonyl (C=O) groups is 2. The summed E-state index contributed by atoms with van der Waals surface area (Å²) >= 11 is 0. The fourth-order valence-electron chi connectivity index (χ4n) is 3.77. The van der Waals surface area contributed by atoms with Crippen LogP contribution in [0.5, 0.6) is 5.75 Å². The van der Waals surface area contributed by atoms with Gasteiger partial charge in [0.2, 0.25) is 0 Å². The normalized spacial score (nSPS) is 12.9. The fraction of sp³-hybridized carbons (Fsp3) is 0.0909. The SMILES string of the molecule is COc1ccc(Nc2cc(S(=O)(=O)O)c(N)c3c2C(=O)c2ccccc2C3=O)cc1C(F)(F)F.[H-].[Na+]. The summed E-state index contributed by atoms with van der Waals surface area (Å²) in [5.74, 6) is -1.94. The number of hydrogen-bond acceptors (Lipinski definition) is 7. The summed E-state index contributed by atoms with van der Waals surface area (Å²) in [5.41, 5.74) is 2.73. The van der Waals surface area contributed by atoms with E-state index >= 15 is 0 Å². The first-order valence-corrected chi connectivity index (χ1v) is 10.9. The third-order valence-corrected chi connectivity index (χ3v) is 6.16. The van der Waals surface area contributed by atoms with Gasteiger partial charge in [0, 0.05) is 16.8 Å². The van der Waals surface area contributed by atoms with Gasteiger partial charge in [-0.15, -0.1) is 0 Å². The van der Waals surface area contributed by atoms with Crippen LogP contribution in [0.4, 0.5) is 30.2 Å². The number of halogens is 3. The molecule has 0 heterocycles. The monoisotopic (exact) mass is 516 g/mol. The Kier molecular flexibility index (Phi) is 7.08. The summed E-state index contributed by atoms with van der Waals surface area (Å²) in [5, 5.41) is 2.56. The summed E-state index contributed by atoms with van der Waals surface area (Å²) < 4.78 is 78.6. The zero-order chi connectivity index (χ0) is 25.0. The van der Waals surface area contributed by atoms with Crippen molar-refractivity contribution in [2.24, 2.45) is 0 Å². The number of hydrogen-bond donors (Lipinski definition) is 3. The Morgan fingerprint density at radius 2 is 1.57 bits per heavy atom. The quantitative estimate of drug-likeness (QED) is 0.209. The minimum Gasteiger partial charge on any atom is -1.00 e. The third-order valence-electron chi connectivity index (χ3n) is 5.26. The van der Waals surface area contributed by atoms with Crippen LogP contribution < -0.4 is 45.3 Å². The summed E-state index contributed by atoms with van der Waals surface area (Å²) in [6, 6.07) is 9.45. The molecule has 0 fully saturated rings. The van der Waals surface area contributed by atoms with Gasteiger partial charge in [-0.25, -0.2) is 0 Å². The third kappa shape index (κ3) is 4.67. The molecule has 4 rings (SSSR count). The van der Waals surface area contributed by atoms with Gasteiger partial charge < -0.3 is 17.2 Å². The molecule has 0 aromatic heterocycles. The van der Waals surface area contributed by atoms with E-state index in [1.165, 1.54) is 30.3 Å². The van der Waals surface area contributed by atoms with Gasteiger partial charge in [0.15, 0.2) is 11.6 Å². The number of methoxy groups -OCH3 is 1. The first kappa shape index (κ1) is 26.7. The van der Waals surface area contributed by atoms with Crippen LogP contribution in [0.1, 0.15) is 38.8 Å². The summed E-state index contributed by atoms with van der Waals surface area (Å²) in [6.45, 7) is 0. The molecule has 178 valence electrons. The molecular weight excluding hydrogens is 500 g/mol. The average Bonchev–Trinajstić information content (AvgIpc) is 2.77. The van der Waals surface area contributed by atoms with E-state index in [1.54, 1.807) is 0 Å². The number of nitrogen functional groups attached to an aromatic ring is 1. The second-order valence-corrected chi connectivity index (χ2v) is 8.69. The number of ether oxygens (including phenoxy) is 1. The second-order valence-electron chi connectivity index (χ2n) is 7.30. The van der Waals surface area contributed by atoms with Crippen LogP contribution in [0, 0.1) is 0 Å². The number of carbonyl (C=O) groups excluding carboxylic acids is 2. The first-order valence-electron chi connectivity index (χ1n) is 9.49. The Bertz CT molecular complexity index is 1500. The molecule has 8 nitrogen and oxygen atoms in total. The molecule has 0 aliphatic heterocycles. The number of nitrogens with two attached hydrogens (primary N) is 1. The summed E-state index contributed by atoms with van der Waals surface area (Å²) in [6.07, 6.45) is -4.78. The number of rotatable bonds is 4. The van der Waals surface area contributed by atoms with Gasteiger partial charge in [-0.1, -0.05) is 24.3 Å². The van der Waals surface area contributed by atoms with E-state index in [4.69, 9.17) is 10.5 Å².